The number of carbonyl (C=O) groups is 1. The number of halogens is 1. The molecule has 20 heavy (non-hydrogen) atoms. The van der Waals surface area contributed by atoms with Crippen LogP contribution in [-0.4, -0.2) is 19.2 Å². The second kappa shape index (κ2) is 6.86. The minimum Gasteiger partial charge on any atom is -0.497 e. The molecule has 0 atom stereocenters. The summed E-state index contributed by atoms with van der Waals surface area (Å²) in [7, 11) is 1.61. The number of hydrogen-bond acceptors (Lipinski definition) is 3. The van der Waals surface area contributed by atoms with Crippen LogP contribution in [0.1, 0.15) is 15.9 Å². The topological polar surface area (TPSA) is 50.7 Å². The van der Waals surface area contributed by atoms with Crippen LogP contribution in [0, 0.1) is 0 Å². The first kappa shape index (κ1) is 14.3. The summed E-state index contributed by atoms with van der Waals surface area (Å²) in [6, 6.07) is 14.4. The van der Waals surface area contributed by atoms with Crippen LogP contribution in [0.25, 0.3) is 0 Å². The molecular formula is C15H13BrN2O2. The lowest BCUT2D eigenvalue weighted by atomic mass is 10.2. The van der Waals surface area contributed by atoms with Gasteiger partial charge in [0.2, 0.25) is 0 Å². The Bertz CT molecular complexity index is 607. The quantitative estimate of drug-likeness (QED) is 0.690. The van der Waals surface area contributed by atoms with E-state index in [1.807, 2.05) is 36.4 Å². The zero-order valence-corrected chi connectivity index (χ0v) is 12.4. The number of amides is 1. The van der Waals surface area contributed by atoms with E-state index in [0.717, 1.165) is 15.8 Å². The molecule has 0 aliphatic heterocycles. The fourth-order valence-corrected chi connectivity index (χ4v) is 1.79. The fourth-order valence-electron chi connectivity index (χ4n) is 1.52. The van der Waals surface area contributed by atoms with Crippen LogP contribution in [0.4, 0.5) is 0 Å². The smallest absolute Gasteiger partial charge is 0.271 e. The number of hydrogen-bond donors (Lipinski definition) is 1. The zero-order valence-electron chi connectivity index (χ0n) is 10.8. The van der Waals surface area contributed by atoms with Crippen LogP contribution in [0.2, 0.25) is 0 Å². The van der Waals surface area contributed by atoms with Crippen molar-refractivity contribution in [3.63, 3.8) is 0 Å². The molecule has 0 aliphatic rings. The molecule has 2 rings (SSSR count). The second-order valence-electron chi connectivity index (χ2n) is 3.98. The molecule has 0 bridgehead atoms. The number of carbonyl (C=O) groups excluding carboxylic acids is 1. The first-order valence-corrected chi connectivity index (χ1v) is 6.71. The average molecular weight is 333 g/mol. The Balaban J connectivity index is 1.95. The van der Waals surface area contributed by atoms with Crippen molar-refractivity contribution in [1.29, 1.82) is 0 Å². The molecule has 0 saturated carbocycles. The molecule has 2 aromatic carbocycles. The monoisotopic (exact) mass is 332 g/mol. The molecule has 1 N–H and O–H groups in total. The maximum atomic E-state index is 11.8. The molecule has 0 aliphatic carbocycles. The van der Waals surface area contributed by atoms with Crippen LogP contribution in [0.15, 0.2) is 58.1 Å². The fraction of sp³-hybridized carbons (Fsp3) is 0.0667. The Kier molecular flexibility index (Phi) is 4.90. The molecule has 0 spiro atoms. The van der Waals surface area contributed by atoms with E-state index >= 15 is 0 Å². The van der Waals surface area contributed by atoms with E-state index in [4.69, 9.17) is 4.74 Å². The predicted molar refractivity (Wildman–Crippen MR) is 82.2 cm³/mol. The van der Waals surface area contributed by atoms with Gasteiger partial charge in [-0.3, -0.25) is 4.79 Å². The molecule has 0 unspecified atom stereocenters. The first-order valence-electron chi connectivity index (χ1n) is 5.92. The van der Waals surface area contributed by atoms with E-state index in [-0.39, 0.29) is 5.91 Å². The van der Waals surface area contributed by atoms with E-state index in [1.165, 1.54) is 0 Å². The molecule has 0 saturated heterocycles. The lowest BCUT2D eigenvalue weighted by Crippen LogP contribution is -2.17. The van der Waals surface area contributed by atoms with Gasteiger partial charge in [-0.1, -0.05) is 15.9 Å². The Morgan fingerprint density at radius 1 is 1.15 bits per heavy atom. The molecule has 102 valence electrons. The summed E-state index contributed by atoms with van der Waals surface area (Å²) in [6.45, 7) is 0. The number of nitrogens with zero attached hydrogens (tertiary/aromatic N) is 1. The summed E-state index contributed by atoms with van der Waals surface area (Å²) in [5.41, 5.74) is 3.91. The number of nitrogens with one attached hydrogen (secondary N) is 1. The van der Waals surface area contributed by atoms with Crippen molar-refractivity contribution in [2.45, 2.75) is 0 Å². The second-order valence-corrected chi connectivity index (χ2v) is 4.89. The SMILES string of the molecule is COc1ccc(/C=N/NC(=O)c2ccc(Br)cc2)cc1. The van der Waals surface area contributed by atoms with Crippen molar-refractivity contribution in [3.8, 4) is 5.75 Å². The largest absolute Gasteiger partial charge is 0.497 e. The summed E-state index contributed by atoms with van der Waals surface area (Å²) in [5.74, 6) is 0.531. The van der Waals surface area contributed by atoms with Crippen molar-refractivity contribution in [1.82, 2.24) is 5.43 Å². The Morgan fingerprint density at radius 2 is 1.80 bits per heavy atom. The van der Waals surface area contributed by atoms with Crippen LogP contribution in [0.3, 0.4) is 0 Å². The van der Waals surface area contributed by atoms with Crippen molar-refractivity contribution in [2.24, 2.45) is 5.10 Å². The molecule has 1 amide bonds. The summed E-state index contributed by atoms with van der Waals surface area (Å²) in [4.78, 5) is 11.8. The molecule has 5 heteroatoms. The lowest BCUT2D eigenvalue weighted by molar-refractivity contribution is 0.0955. The highest BCUT2D eigenvalue weighted by molar-refractivity contribution is 9.10. The van der Waals surface area contributed by atoms with Gasteiger partial charge >= 0.3 is 0 Å². The molecule has 4 nitrogen and oxygen atoms in total. The van der Waals surface area contributed by atoms with E-state index in [0.29, 0.717) is 5.56 Å². The molecular weight excluding hydrogens is 320 g/mol. The Hall–Kier alpha value is -2.14. The van der Waals surface area contributed by atoms with E-state index < -0.39 is 0 Å². The maximum Gasteiger partial charge on any atom is 0.271 e. The van der Waals surface area contributed by atoms with Gasteiger partial charge in [-0.15, -0.1) is 0 Å². The van der Waals surface area contributed by atoms with Crippen molar-refractivity contribution < 1.29 is 9.53 Å². The highest BCUT2D eigenvalue weighted by Crippen LogP contribution is 2.11. The van der Waals surface area contributed by atoms with Gasteiger partial charge in [0.15, 0.2) is 0 Å². The normalized spacial score (nSPS) is 10.5. The third-order valence-corrected chi connectivity index (χ3v) is 3.13. The standard InChI is InChI=1S/C15H13BrN2O2/c1-20-14-8-2-11(3-9-14)10-17-18-15(19)12-4-6-13(16)7-5-12/h2-10H,1H3,(H,18,19)/b17-10+. The maximum absolute atomic E-state index is 11.8. The zero-order chi connectivity index (χ0) is 14.4. The average Bonchev–Trinajstić information content (AvgIpc) is 2.48. The van der Waals surface area contributed by atoms with Crippen molar-refractivity contribution >= 4 is 28.1 Å². The van der Waals surface area contributed by atoms with E-state index in [1.54, 1.807) is 25.5 Å². The minimum atomic E-state index is -0.248. The van der Waals surface area contributed by atoms with Gasteiger partial charge in [0, 0.05) is 10.0 Å². The van der Waals surface area contributed by atoms with Crippen molar-refractivity contribution in [2.75, 3.05) is 7.11 Å². The van der Waals surface area contributed by atoms with Crippen molar-refractivity contribution in [3.05, 3.63) is 64.1 Å². The number of rotatable bonds is 4. The van der Waals surface area contributed by atoms with Crippen LogP contribution < -0.4 is 10.2 Å². The van der Waals surface area contributed by atoms with Crippen LogP contribution in [0.5, 0.6) is 5.75 Å². The third kappa shape index (κ3) is 3.93. The van der Waals surface area contributed by atoms with Gasteiger partial charge in [0.05, 0.1) is 13.3 Å². The molecule has 0 fully saturated rings. The van der Waals surface area contributed by atoms with Gasteiger partial charge in [-0.2, -0.15) is 5.10 Å². The number of ether oxygens (including phenoxy) is 1. The third-order valence-electron chi connectivity index (χ3n) is 2.60. The number of hydrazone groups is 1. The van der Waals surface area contributed by atoms with Gasteiger partial charge in [-0.25, -0.2) is 5.43 Å². The molecule has 0 heterocycles. The van der Waals surface area contributed by atoms with Gasteiger partial charge in [-0.05, 0) is 54.1 Å². The molecule has 0 aromatic heterocycles. The summed E-state index contributed by atoms with van der Waals surface area (Å²) >= 11 is 3.32. The number of benzene rings is 2. The summed E-state index contributed by atoms with van der Waals surface area (Å²) in [5, 5.41) is 3.92. The van der Waals surface area contributed by atoms with Crippen LogP contribution >= 0.6 is 15.9 Å². The summed E-state index contributed by atoms with van der Waals surface area (Å²) < 4.78 is 5.99. The summed E-state index contributed by atoms with van der Waals surface area (Å²) in [6.07, 6.45) is 1.58. The molecule has 2 aromatic rings. The highest BCUT2D eigenvalue weighted by Gasteiger charge is 2.02. The van der Waals surface area contributed by atoms with E-state index in [2.05, 4.69) is 26.5 Å². The van der Waals surface area contributed by atoms with Gasteiger partial charge in [0.25, 0.3) is 5.91 Å². The van der Waals surface area contributed by atoms with Gasteiger partial charge in [0.1, 0.15) is 5.75 Å². The predicted octanol–water partition coefficient (Wildman–Crippen LogP) is 3.22. The highest BCUT2D eigenvalue weighted by atomic mass is 79.9. The van der Waals surface area contributed by atoms with Crippen LogP contribution in [-0.2, 0) is 0 Å². The minimum absolute atomic E-state index is 0.248. The van der Waals surface area contributed by atoms with Gasteiger partial charge < -0.3 is 4.74 Å². The number of methoxy groups -OCH3 is 1. The Labute approximate surface area is 125 Å². The van der Waals surface area contributed by atoms with E-state index in [9.17, 15) is 4.79 Å². The lowest BCUT2D eigenvalue weighted by Gasteiger charge is -2.00. The molecule has 0 radical (unpaired) electrons. The Morgan fingerprint density at radius 3 is 2.40 bits per heavy atom. The first-order chi connectivity index (χ1) is 9.69.